The molecule has 17 nitrogen and oxygen atoms in total. The Morgan fingerprint density at radius 3 is 1.39 bits per heavy atom. The lowest BCUT2D eigenvalue weighted by Crippen LogP contribution is -2.13. The van der Waals surface area contributed by atoms with Gasteiger partial charge in [-0.2, -0.15) is 29.8 Å². The highest BCUT2D eigenvalue weighted by molar-refractivity contribution is 7.29. The molecule has 5 aliphatic carbocycles. The van der Waals surface area contributed by atoms with Gasteiger partial charge in [0.2, 0.25) is 5.78 Å². The molecule has 12 aromatic rings. The number of thiophene rings is 6. The summed E-state index contributed by atoms with van der Waals surface area (Å²) in [6, 6.07) is 35.1. The largest absolute Gasteiger partial charge is 0.495 e. The highest BCUT2D eigenvalue weighted by Crippen LogP contribution is 2.63. The van der Waals surface area contributed by atoms with E-state index in [1.54, 1.807) is 77.8 Å². The molecule has 5 aliphatic rings. The van der Waals surface area contributed by atoms with Crippen molar-refractivity contribution in [2.45, 2.75) is 38.5 Å². The van der Waals surface area contributed by atoms with Crippen molar-refractivity contribution in [3.63, 3.8) is 0 Å². The molecule has 0 spiro atoms. The molecule has 17 rings (SSSR count). The molecule has 0 amide bonds. The van der Waals surface area contributed by atoms with Gasteiger partial charge in [0.05, 0.1) is 72.6 Å². The van der Waals surface area contributed by atoms with Gasteiger partial charge in [0, 0.05) is 115 Å². The Morgan fingerprint density at radius 2 is 0.921 bits per heavy atom. The predicted octanol–water partition coefficient (Wildman–Crippen LogP) is 19.9. The number of carbonyl (C=O) groups excluding carboxylic acids is 3. The normalized spacial score (nSPS) is 15.5. The topological polar surface area (TPSA) is 253 Å². The van der Waals surface area contributed by atoms with Crippen molar-refractivity contribution in [3.05, 3.63) is 218 Å². The Hall–Kier alpha value is -12.3. The minimum atomic E-state index is -0.508. The van der Waals surface area contributed by atoms with Gasteiger partial charge in [-0.05, 0) is 94.1 Å². The summed E-state index contributed by atoms with van der Waals surface area (Å²) in [5, 5.41) is 50.1. The van der Waals surface area contributed by atoms with Crippen LogP contribution in [0.4, 0.5) is 11.4 Å². The van der Waals surface area contributed by atoms with Gasteiger partial charge in [0.1, 0.15) is 74.8 Å². The van der Waals surface area contributed by atoms with Crippen LogP contribution in [-0.4, -0.2) is 50.3 Å². The molecule has 474 valence electrons. The summed E-state index contributed by atoms with van der Waals surface area (Å²) in [6.45, 7) is 32.0. The lowest BCUT2D eigenvalue weighted by atomic mass is 9.83. The Kier molecular flexibility index (Phi) is 13.8. The Balaban J connectivity index is 0.766. The van der Waals surface area contributed by atoms with Crippen LogP contribution in [0.15, 0.2) is 107 Å². The molecule has 0 bridgehead atoms. The average Bonchev–Trinajstić information content (AvgIpc) is 1.56. The van der Waals surface area contributed by atoms with Gasteiger partial charge >= 0.3 is 0 Å². The number of hydrogen-bond acceptors (Lipinski definition) is 21. The van der Waals surface area contributed by atoms with E-state index in [1.165, 1.54) is 46.9 Å². The average molecular weight is 1430 g/mol. The van der Waals surface area contributed by atoms with Crippen LogP contribution < -0.4 is 9.47 Å². The number of aromatic nitrogens is 4. The van der Waals surface area contributed by atoms with Crippen molar-refractivity contribution in [1.82, 2.24) is 18.7 Å². The summed E-state index contributed by atoms with van der Waals surface area (Å²) in [5.74, 6) is -0.0690. The third-order valence-electron chi connectivity index (χ3n) is 19.1. The maximum atomic E-state index is 14.5. The second-order valence-electron chi connectivity index (χ2n) is 24.9. The van der Waals surface area contributed by atoms with Gasteiger partial charge in [0.15, 0.2) is 22.9 Å². The number of benzene rings is 4. The zero-order valence-electron chi connectivity index (χ0n) is 53.0. The first-order valence-corrected chi connectivity index (χ1v) is 36.1. The number of methoxy groups -OCH3 is 2. The zero-order chi connectivity index (χ0) is 70.1. The van der Waals surface area contributed by atoms with Crippen molar-refractivity contribution >= 4 is 154 Å². The van der Waals surface area contributed by atoms with E-state index in [9.17, 15) is 40.7 Å². The molecule has 101 heavy (non-hydrogen) atoms. The Labute approximate surface area is 601 Å². The molecule has 4 aromatic carbocycles. The first-order chi connectivity index (χ1) is 48.8. The highest BCUT2D eigenvalue weighted by Gasteiger charge is 2.45. The summed E-state index contributed by atoms with van der Waals surface area (Å²) >= 11 is 10.3. The van der Waals surface area contributed by atoms with Crippen LogP contribution in [-0.2, 0) is 10.8 Å². The monoisotopic (exact) mass is 1430 g/mol. The van der Waals surface area contributed by atoms with E-state index in [0.29, 0.717) is 65.7 Å². The minimum Gasteiger partial charge on any atom is -0.495 e. The molecule has 8 heterocycles. The van der Waals surface area contributed by atoms with E-state index in [-0.39, 0.29) is 89.8 Å². The summed E-state index contributed by atoms with van der Waals surface area (Å²) in [5.41, 5.74) is 9.76. The summed E-state index contributed by atoms with van der Waals surface area (Å²) in [6.07, 6.45) is 3.27. The number of ether oxygens (including phenoxy) is 2. The van der Waals surface area contributed by atoms with Gasteiger partial charge in [0.25, 0.3) is 5.70 Å². The number of allylic oxidation sites excluding steroid dienone is 6. The van der Waals surface area contributed by atoms with E-state index in [0.717, 1.165) is 88.3 Å². The van der Waals surface area contributed by atoms with Crippen LogP contribution in [0, 0.1) is 76.4 Å². The minimum absolute atomic E-state index is 0.000675. The van der Waals surface area contributed by atoms with Crippen molar-refractivity contribution in [2.24, 2.45) is 0 Å². The Morgan fingerprint density at radius 1 is 0.485 bits per heavy atom. The van der Waals surface area contributed by atoms with Crippen molar-refractivity contribution in [2.75, 3.05) is 14.2 Å². The number of carbonyl (C=O) groups is 3. The standard InChI is InChI=1S/C77H34N12O5S7/c1-76(2)44-22-53(97-70(44)72-46(76)24-55(99-72)74-51(93-8)18-34(95-74)16-42-57(33(28-80)29-81)39-20-48(83-5)49(84-6)21-41(39)68(42)91)59-62-63(87-66-61(86-62)36-12-10-11-13-37(36)69(66)92)60(65-64(59)88-101-89-65)54-23-45-71(98-54)73-47(77(45,3)4)25-56(100-73)75-52(94-9)19-35(96-75)17-43-58(50(30-82)85-7)38-14-31(26-78)32(27-79)15-40(38)67(43)90/h10-25H,1-4,8-9H3/b42-16-,43-17-,58-50-. The fraction of sp³-hybridized carbons (Fsp3) is 0.104. The van der Waals surface area contributed by atoms with E-state index in [1.807, 2.05) is 60.7 Å². The number of fused-ring (bicyclic) bond motifs is 13. The second kappa shape index (κ2) is 22.4. The van der Waals surface area contributed by atoms with Gasteiger partial charge in [-0.25, -0.2) is 20.1 Å². The summed E-state index contributed by atoms with van der Waals surface area (Å²) < 4.78 is 22.2. The first-order valence-electron chi connectivity index (χ1n) is 30.5. The molecule has 0 aliphatic heterocycles. The van der Waals surface area contributed by atoms with Crippen LogP contribution in [0.3, 0.4) is 0 Å². The van der Waals surface area contributed by atoms with Gasteiger partial charge in [-0.1, -0.05) is 64.1 Å². The number of rotatable bonds is 8. The molecule has 0 unspecified atom stereocenters. The molecule has 8 aromatic heterocycles. The molecule has 0 saturated carbocycles. The molecule has 0 atom stereocenters. The van der Waals surface area contributed by atoms with E-state index < -0.39 is 22.4 Å². The summed E-state index contributed by atoms with van der Waals surface area (Å²) in [7, 11) is 3.15. The quantitative estimate of drug-likeness (QED) is 0.0779. The van der Waals surface area contributed by atoms with E-state index >= 15 is 0 Å². The molecule has 0 fully saturated rings. The van der Waals surface area contributed by atoms with Crippen LogP contribution in [0.1, 0.15) is 119 Å². The van der Waals surface area contributed by atoms with Gasteiger partial charge in [-0.15, -0.1) is 68.0 Å². The van der Waals surface area contributed by atoms with Crippen LogP contribution in [0.25, 0.3) is 131 Å². The second-order valence-corrected chi connectivity index (χ2v) is 31.8. The highest BCUT2D eigenvalue weighted by atomic mass is 32.1. The Bertz CT molecular complexity index is 6530. The molecule has 24 heteroatoms. The maximum Gasteiger partial charge on any atom is 0.270 e. The van der Waals surface area contributed by atoms with Crippen LogP contribution >= 0.6 is 79.7 Å². The fourth-order valence-corrected chi connectivity index (χ4v) is 22.9. The molecule has 0 radical (unpaired) electrons. The third kappa shape index (κ3) is 8.67. The van der Waals surface area contributed by atoms with Crippen molar-refractivity contribution in [1.29, 1.82) is 26.3 Å². The number of hydrogen-bond donors (Lipinski definition) is 0. The molecular weight excluding hydrogens is 1400 g/mol. The SMILES string of the molecule is [C-]#[N+]/C(C#N)=C1\C(=C\c2cc(OC)c(-c3cc4c(s3)-c3sc(-c5c6nsnc6c(-c6cc7c(s6)-c6sc(-c8sc(/C=C9\C(=O)c%10cc([N+]#[C-])c([N+]#[C-])cc%10C9=C(C#N)C#N)cc8OC)cc6C7(C)C)c6nc7c(nc56)C(=O)c5ccccc5-7)cc3C4(C)C)s2)C(=O)c2cc(C#N)c(C#N)cc21. The van der Waals surface area contributed by atoms with E-state index in [4.69, 9.17) is 47.9 Å². The lowest BCUT2D eigenvalue weighted by molar-refractivity contribution is 0.103. The smallest absolute Gasteiger partial charge is 0.270 e. The maximum absolute atomic E-state index is 14.5. The number of nitrogens with zero attached hydrogens (tertiary/aromatic N) is 12. The van der Waals surface area contributed by atoms with Gasteiger partial charge < -0.3 is 9.47 Å². The van der Waals surface area contributed by atoms with Crippen molar-refractivity contribution in [3.8, 4) is 113 Å². The first kappa shape index (κ1) is 62.3. The number of nitriles is 5. The lowest BCUT2D eigenvalue weighted by Gasteiger charge is -2.19. The predicted molar refractivity (Wildman–Crippen MR) is 393 cm³/mol. The number of Topliss-reactive ketones (excluding diaryl/α,β-unsaturated/α-hetero) is 2. The zero-order valence-corrected chi connectivity index (χ0v) is 58.7. The molecule has 0 saturated heterocycles. The fourth-order valence-electron chi connectivity index (χ4n) is 14.3. The third-order valence-corrected chi connectivity index (χ3v) is 27.1. The van der Waals surface area contributed by atoms with Crippen LogP contribution in [0.5, 0.6) is 11.5 Å². The van der Waals surface area contributed by atoms with E-state index in [2.05, 4.69) is 66.5 Å². The molecular formula is C77H34N12O5S7. The van der Waals surface area contributed by atoms with Crippen molar-refractivity contribution < 1.29 is 23.9 Å². The van der Waals surface area contributed by atoms with Gasteiger partial charge in [-0.3, -0.25) is 24.1 Å². The molecule has 0 N–H and O–H groups in total. The number of ketones is 3. The van der Waals surface area contributed by atoms with Crippen LogP contribution in [0.2, 0.25) is 0 Å². The summed E-state index contributed by atoms with van der Waals surface area (Å²) in [4.78, 5) is 74.9.